The van der Waals surface area contributed by atoms with E-state index in [1.165, 1.54) is 0 Å². The number of ether oxygens (including phenoxy) is 1. The minimum atomic E-state index is 0.0376. The van der Waals surface area contributed by atoms with Crippen molar-refractivity contribution in [3.8, 4) is 5.75 Å². The van der Waals surface area contributed by atoms with Crippen LogP contribution in [0.5, 0.6) is 5.75 Å². The Bertz CT molecular complexity index is 718. The van der Waals surface area contributed by atoms with Gasteiger partial charge in [-0.05, 0) is 42.7 Å². The van der Waals surface area contributed by atoms with Crippen LogP contribution in [0.4, 0.5) is 0 Å². The zero-order chi connectivity index (χ0) is 17.6. The van der Waals surface area contributed by atoms with E-state index in [4.69, 9.17) is 4.74 Å². The summed E-state index contributed by atoms with van der Waals surface area (Å²) in [7, 11) is 0. The van der Waals surface area contributed by atoms with E-state index in [-0.39, 0.29) is 11.9 Å². The molecule has 1 aromatic heterocycles. The van der Waals surface area contributed by atoms with Crippen LogP contribution in [-0.4, -0.2) is 42.0 Å². The number of rotatable bonds is 5. The molecule has 1 aromatic carbocycles. The quantitative estimate of drug-likeness (QED) is 0.910. The Balaban J connectivity index is 1.60. The van der Waals surface area contributed by atoms with Crippen LogP contribution in [0.15, 0.2) is 42.7 Å². The number of pyridine rings is 1. The lowest BCUT2D eigenvalue weighted by atomic mass is 10.0. The van der Waals surface area contributed by atoms with Crippen LogP contribution in [0.1, 0.15) is 29.2 Å². The van der Waals surface area contributed by atoms with Crippen molar-refractivity contribution in [2.45, 2.75) is 26.3 Å². The molecule has 1 saturated heterocycles. The highest BCUT2D eigenvalue weighted by Crippen LogP contribution is 2.23. The van der Waals surface area contributed by atoms with E-state index in [9.17, 15) is 4.79 Å². The van der Waals surface area contributed by atoms with Crippen molar-refractivity contribution in [3.63, 3.8) is 0 Å². The largest absolute Gasteiger partial charge is 0.493 e. The summed E-state index contributed by atoms with van der Waals surface area (Å²) in [6.07, 6.45) is 3.97. The Labute approximate surface area is 149 Å². The van der Waals surface area contributed by atoms with Gasteiger partial charge in [0.2, 0.25) is 5.91 Å². The third kappa shape index (κ3) is 4.37. The molecule has 0 spiro atoms. The number of aryl methyl sites for hydroxylation is 2. The number of nitrogens with zero attached hydrogens (tertiary/aromatic N) is 2. The Hall–Kier alpha value is -2.40. The SMILES string of the molecule is Cc1ccc(C)c(OCCC(=O)N2CCNCC2c2cccnc2)c1. The molecule has 1 aliphatic rings. The van der Waals surface area contributed by atoms with Crippen molar-refractivity contribution in [1.82, 2.24) is 15.2 Å². The van der Waals surface area contributed by atoms with Crippen molar-refractivity contribution < 1.29 is 9.53 Å². The zero-order valence-electron chi connectivity index (χ0n) is 14.9. The number of nitrogens with one attached hydrogen (secondary N) is 1. The van der Waals surface area contributed by atoms with Crippen LogP contribution in [0, 0.1) is 13.8 Å². The van der Waals surface area contributed by atoms with Crippen LogP contribution >= 0.6 is 0 Å². The third-order valence-electron chi connectivity index (χ3n) is 4.55. The lowest BCUT2D eigenvalue weighted by Crippen LogP contribution is -2.49. The topological polar surface area (TPSA) is 54.5 Å². The van der Waals surface area contributed by atoms with Crippen LogP contribution < -0.4 is 10.1 Å². The van der Waals surface area contributed by atoms with Crippen molar-refractivity contribution in [2.24, 2.45) is 0 Å². The summed E-state index contributed by atoms with van der Waals surface area (Å²) >= 11 is 0. The first-order valence-electron chi connectivity index (χ1n) is 8.75. The van der Waals surface area contributed by atoms with Gasteiger partial charge in [-0.25, -0.2) is 0 Å². The van der Waals surface area contributed by atoms with Crippen molar-refractivity contribution >= 4 is 5.91 Å². The van der Waals surface area contributed by atoms with Crippen LogP contribution in [0.2, 0.25) is 0 Å². The maximum atomic E-state index is 12.7. The molecule has 1 fully saturated rings. The van der Waals surface area contributed by atoms with Gasteiger partial charge in [0.05, 0.1) is 19.1 Å². The number of hydrogen-bond acceptors (Lipinski definition) is 4. The zero-order valence-corrected chi connectivity index (χ0v) is 14.9. The van der Waals surface area contributed by atoms with E-state index in [2.05, 4.69) is 16.4 Å². The van der Waals surface area contributed by atoms with Gasteiger partial charge in [0.15, 0.2) is 0 Å². The second-order valence-electron chi connectivity index (χ2n) is 6.46. The molecule has 5 nitrogen and oxygen atoms in total. The Morgan fingerprint density at radius 1 is 1.36 bits per heavy atom. The van der Waals surface area contributed by atoms with Gasteiger partial charge in [0.25, 0.3) is 0 Å². The van der Waals surface area contributed by atoms with E-state index in [0.717, 1.165) is 35.5 Å². The molecule has 0 radical (unpaired) electrons. The molecular weight excluding hydrogens is 314 g/mol. The van der Waals surface area contributed by atoms with Crippen molar-refractivity contribution in [3.05, 3.63) is 59.4 Å². The number of hydrogen-bond donors (Lipinski definition) is 1. The molecule has 1 unspecified atom stereocenters. The van der Waals surface area contributed by atoms with Gasteiger partial charge in [0, 0.05) is 32.0 Å². The first-order valence-corrected chi connectivity index (χ1v) is 8.75. The van der Waals surface area contributed by atoms with E-state index < -0.39 is 0 Å². The molecule has 3 rings (SSSR count). The van der Waals surface area contributed by atoms with Gasteiger partial charge < -0.3 is 15.0 Å². The average Bonchev–Trinajstić information content (AvgIpc) is 2.65. The molecule has 1 N–H and O–H groups in total. The summed E-state index contributed by atoms with van der Waals surface area (Å²) in [5.74, 6) is 0.984. The van der Waals surface area contributed by atoms with Crippen LogP contribution in [0.3, 0.4) is 0 Å². The highest BCUT2D eigenvalue weighted by atomic mass is 16.5. The molecule has 0 aliphatic carbocycles. The first kappa shape index (κ1) is 17.4. The van der Waals surface area contributed by atoms with Gasteiger partial charge in [-0.3, -0.25) is 9.78 Å². The lowest BCUT2D eigenvalue weighted by molar-refractivity contribution is -0.135. The van der Waals surface area contributed by atoms with Gasteiger partial charge in [0.1, 0.15) is 5.75 Å². The summed E-state index contributed by atoms with van der Waals surface area (Å²) in [6, 6.07) is 10.1. The standard InChI is InChI=1S/C20H25N3O2/c1-15-5-6-16(2)19(12-15)25-11-7-20(24)23-10-9-22-14-18(23)17-4-3-8-21-13-17/h3-6,8,12-13,18,22H,7,9-11,14H2,1-2H3. The van der Waals surface area contributed by atoms with Gasteiger partial charge in [-0.2, -0.15) is 0 Å². The highest BCUT2D eigenvalue weighted by Gasteiger charge is 2.27. The predicted molar refractivity (Wildman–Crippen MR) is 97.6 cm³/mol. The fourth-order valence-electron chi connectivity index (χ4n) is 3.13. The second kappa shape index (κ2) is 8.12. The molecule has 1 amide bonds. The molecule has 1 atom stereocenters. The number of aromatic nitrogens is 1. The molecule has 5 heteroatoms. The maximum Gasteiger partial charge on any atom is 0.226 e. The number of amides is 1. The van der Waals surface area contributed by atoms with Crippen molar-refractivity contribution in [1.29, 1.82) is 0 Å². The highest BCUT2D eigenvalue weighted by molar-refractivity contribution is 5.77. The monoisotopic (exact) mass is 339 g/mol. The fraction of sp³-hybridized carbons (Fsp3) is 0.400. The summed E-state index contributed by atoms with van der Waals surface area (Å²) in [6.45, 7) is 6.74. The minimum Gasteiger partial charge on any atom is -0.493 e. The third-order valence-corrected chi connectivity index (χ3v) is 4.55. The van der Waals surface area contributed by atoms with E-state index >= 15 is 0 Å². The minimum absolute atomic E-state index is 0.0376. The van der Waals surface area contributed by atoms with E-state index in [0.29, 0.717) is 19.6 Å². The van der Waals surface area contributed by atoms with E-state index in [1.54, 1.807) is 6.20 Å². The molecule has 1 aliphatic heterocycles. The molecular formula is C20H25N3O2. The van der Waals surface area contributed by atoms with Gasteiger partial charge >= 0.3 is 0 Å². The smallest absolute Gasteiger partial charge is 0.226 e. The number of carbonyl (C=O) groups is 1. The predicted octanol–water partition coefficient (Wildman–Crippen LogP) is 2.64. The number of benzene rings is 1. The lowest BCUT2D eigenvalue weighted by Gasteiger charge is -2.36. The molecule has 132 valence electrons. The average molecular weight is 339 g/mol. The normalized spacial score (nSPS) is 17.4. The van der Waals surface area contributed by atoms with Crippen LogP contribution in [0.25, 0.3) is 0 Å². The number of carbonyl (C=O) groups excluding carboxylic acids is 1. The Morgan fingerprint density at radius 3 is 3.04 bits per heavy atom. The molecule has 2 heterocycles. The summed E-state index contributed by atoms with van der Waals surface area (Å²) < 4.78 is 5.84. The van der Waals surface area contributed by atoms with Crippen molar-refractivity contribution in [2.75, 3.05) is 26.2 Å². The first-order chi connectivity index (χ1) is 12.1. The van der Waals surface area contributed by atoms with Crippen LogP contribution in [-0.2, 0) is 4.79 Å². The second-order valence-corrected chi connectivity index (χ2v) is 6.46. The van der Waals surface area contributed by atoms with Gasteiger partial charge in [-0.1, -0.05) is 18.2 Å². The molecule has 2 aromatic rings. The molecule has 25 heavy (non-hydrogen) atoms. The molecule has 0 saturated carbocycles. The molecule has 0 bridgehead atoms. The Morgan fingerprint density at radius 2 is 2.24 bits per heavy atom. The summed E-state index contributed by atoms with van der Waals surface area (Å²) in [5.41, 5.74) is 3.32. The van der Waals surface area contributed by atoms with E-state index in [1.807, 2.05) is 49.2 Å². The summed E-state index contributed by atoms with van der Waals surface area (Å²) in [5, 5.41) is 3.36. The number of piperazine rings is 1. The maximum absolute atomic E-state index is 12.7. The Kier molecular flexibility index (Phi) is 5.66. The summed E-state index contributed by atoms with van der Waals surface area (Å²) in [4.78, 5) is 18.8. The van der Waals surface area contributed by atoms with Gasteiger partial charge in [-0.15, -0.1) is 0 Å². The fourth-order valence-corrected chi connectivity index (χ4v) is 3.13.